The summed E-state index contributed by atoms with van der Waals surface area (Å²) >= 11 is 6.07. The Hall–Kier alpha value is -3.64. The predicted octanol–water partition coefficient (Wildman–Crippen LogP) is 6.08. The number of hydrogen-bond donors (Lipinski definition) is 2. The Morgan fingerprint density at radius 2 is 1.77 bits per heavy atom. The molecule has 31 heavy (non-hydrogen) atoms. The molecule has 3 heterocycles. The summed E-state index contributed by atoms with van der Waals surface area (Å²) in [7, 11) is 0. The number of benzene rings is 2. The number of aromatic amines is 1. The van der Waals surface area contributed by atoms with Gasteiger partial charge in [0.15, 0.2) is 5.82 Å². The van der Waals surface area contributed by atoms with E-state index >= 15 is 0 Å². The van der Waals surface area contributed by atoms with Crippen LogP contribution in [0.1, 0.15) is 18.3 Å². The minimum atomic E-state index is 0.621. The minimum Gasteiger partial charge on any atom is -0.328 e. The van der Waals surface area contributed by atoms with Crippen LogP contribution in [-0.4, -0.2) is 24.5 Å². The number of fused-ring (bicyclic) bond motifs is 1. The Bertz CT molecular complexity index is 1350. The third kappa shape index (κ3) is 3.78. The van der Waals surface area contributed by atoms with Crippen molar-refractivity contribution >= 4 is 34.3 Å². The van der Waals surface area contributed by atoms with Gasteiger partial charge in [0.05, 0.1) is 11.2 Å². The number of H-pyrrole nitrogens is 1. The number of imidazole rings is 1. The van der Waals surface area contributed by atoms with Gasteiger partial charge in [-0.05, 0) is 67.9 Å². The average molecular weight is 429 g/mol. The zero-order valence-corrected chi connectivity index (χ0v) is 18.0. The second kappa shape index (κ2) is 7.89. The fourth-order valence-corrected chi connectivity index (χ4v) is 3.75. The first-order valence-corrected chi connectivity index (χ1v) is 10.5. The fraction of sp³-hybridized carbons (Fsp3) is 0.125. The molecule has 0 saturated carbocycles. The summed E-state index contributed by atoms with van der Waals surface area (Å²) in [6.45, 7) is 4.12. The SMILES string of the molecule is CCc1nc(Nc2nc(-c3ccc(Cl)cc3)nc3cc(-n4cccc4)ccc23)[nH]c1C. The topological polar surface area (TPSA) is 71.4 Å². The van der Waals surface area contributed by atoms with Crippen LogP contribution in [-0.2, 0) is 6.42 Å². The number of nitrogens with zero attached hydrogens (tertiary/aromatic N) is 4. The monoisotopic (exact) mass is 428 g/mol. The summed E-state index contributed by atoms with van der Waals surface area (Å²) in [4.78, 5) is 17.6. The molecular formula is C24H21ClN6. The van der Waals surface area contributed by atoms with Crippen molar-refractivity contribution in [2.24, 2.45) is 0 Å². The number of hydrogen-bond acceptors (Lipinski definition) is 4. The molecule has 0 amide bonds. The highest BCUT2D eigenvalue weighted by molar-refractivity contribution is 6.30. The average Bonchev–Trinajstić information content (AvgIpc) is 3.43. The molecule has 2 N–H and O–H groups in total. The zero-order valence-electron chi connectivity index (χ0n) is 17.2. The summed E-state index contributed by atoms with van der Waals surface area (Å²) in [5.74, 6) is 1.99. The first kappa shape index (κ1) is 19.3. The number of rotatable bonds is 5. The minimum absolute atomic E-state index is 0.621. The molecule has 0 fully saturated rings. The molecule has 0 aliphatic carbocycles. The molecule has 2 aromatic carbocycles. The Kier molecular flexibility index (Phi) is 4.92. The van der Waals surface area contributed by atoms with Gasteiger partial charge in [0, 0.05) is 39.7 Å². The summed E-state index contributed by atoms with van der Waals surface area (Å²) in [6.07, 6.45) is 4.89. The van der Waals surface area contributed by atoms with Gasteiger partial charge in [-0.3, -0.25) is 0 Å². The summed E-state index contributed by atoms with van der Waals surface area (Å²) in [5.41, 5.74) is 4.86. The van der Waals surface area contributed by atoms with Gasteiger partial charge in [0.25, 0.3) is 0 Å². The van der Waals surface area contributed by atoms with E-state index in [9.17, 15) is 0 Å². The second-order valence-electron chi connectivity index (χ2n) is 7.33. The molecule has 0 spiro atoms. The number of nitrogens with one attached hydrogen (secondary N) is 2. The standard InChI is InChI=1S/C24H21ClN6/c1-3-20-15(2)26-24(28-20)30-23-19-11-10-18(31-12-4-5-13-31)14-21(19)27-22(29-23)16-6-8-17(25)9-7-16/h4-14H,3H2,1-2H3,(H2,26,27,28,29,30). The number of anilines is 2. The highest BCUT2D eigenvalue weighted by Crippen LogP contribution is 2.29. The van der Waals surface area contributed by atoms with Crippen LogP contribution in [0, 0.1) is 6.92 Å². The van der Waals surface area contributed by atoms with Crippen LogP contribution in [0.25, 0.3) is 28.0 Å². The Morgan fingerprint density at radius 3 is 2.48 bits per heavy atom. The Labute approximate surface area is 185 Å². The van der Waals surface area contributed by atoms with Crippen LogP contribution >= 0.6 is 11.6 Å². The maximum atomic E-state index is 6.07. The van der Waals surface area contributed by atoms with Gasteiger partial charge >= 0.3 is 0 Å². The van der Waals surface area contributed by atoms with E-state index in [1.165, 1.54) is 0 Å². The van der Waals surface area contributed by atoms with Crippen LogP contribution < -0.4 is 5.32 Å². The van der Waals surface area contributed by atoms with Crippen LogP contribution in [0.15, 0.2) is 67.0 Å². The lowest BCUT2D eigenvalue weighted by Gasteiger charge is -2.11. The van der Waals surface area contributed by atoms with Crippen LogP contribution in [0.2, 0.25) is 5.02 Å². The second-order valence-corrected chi connectivity index (χ2v) is 7.77. The fourth-order valence-electron chi connectivity index (χ4n) is 3.62. The van der Waals surface area contributed by atoms with Crippen molar-refractivity contribution in [3.63, 3.8) is 0 Å². The van der Waals surface area contributed by atoms with Crippen molar-refractivity contribution in [3.8, 4) is 17.1 Å². The molecule has 6 nitrogen and oxygen atoms in total. The normalized spacial score (nSPS) is 11.2. The molecule has 154 valence electrons. The Morgan fingerprint density at radius 1 is 1.00 bits per heavy atom. The maximum Gasteiger partial charge on any atom is 0.206 e. The smallest absolute Gasteiger partial charge is 0.206 e. The van der Waals surface area contributed by atoms with Gasteiger partial charge in [0.2, 0.25) is 5.95 Å². The van der Waals surface area contributed by atoms with Crippen LogP contribution in [0.5, 0.6) is 0 Å². The molecule has 7 heteroatoms. The molecule has 0 atom stereocenters. The van der Waals surface area contributed by atoms with Crippen LogP contribution in [0.3, 0.4) is 0 Å². The molecule has 0 saturated heterocycles. The molecule has 0 radical (unpaired) electrons. The molecule has 0 aliphatic rings. The van der Waals surface area contributed by atoms with E-state index in [1.54, 1.807) is 0 Å². The van der Waals surface area contributed by atoms with Gasteiger partial charge < -0.3 is 14.9 Å². The molecular weight excluding hydrogens is 408 g/mol. The van der Waals surface area contributed by atoms with E-state index in [1.807, 2.05) is 61.8 Å². The Balaban J connectivity index is 1.66. The molecule has 5 rings (SSSR count). The lowest BCUT2D eigenvalue weighted by atomic mass is 10.1. The van der Waals surface area contributed by atoms with Crippen molar-refractivity contribution < 1.29 is 0 Å². The van der Waals surface area contributed by atoms with E-state index in [4.69, 9.17) is 21.6 Å². The molecule has 5 aromatic rings. The van der Waals surface area contributed by atoms with Crippen molar-refractivity contribution in [3.05, 3.63) is 83.4 Å². The maximum absolute atomic E-state index is 6.07. The van der Waals surface area contributed by atoms with Gasteiger partial charge in [-0.25, -0.2) is 15.0 Å². The molecule has 0 aliphatic heterocycles. The molecule has 3 aromatic heterocycles. The van der Waals surface area contributed by atoms with Gasteiger partial charge in [-0.15, -0.1) is 0 Å². The van der Waals surface area contributed by atoms with E-state index < -0.39 is 0 Å². The van der Waals surface area contributed by atoms with E-state index in [0.717, 1.165) is 40.0 Å². The third-order valence-electron chi connectivity index (χ3n) is 5.24. The number of aryl methyl sites for hydroxylation is 2. The molecule has 0 bridgehead atoms. The van der Waals surface area contributed by atoms with E-state index in [2.05, 4.69) is 38.9 Å². The van der Waals surface area contributed by atoms with Gasteiger partial charge in [0.1, 0.15) is 5.82 Å². The van der Waals surface area contributed by atoms with Crippen molar-refractivity contribution in [1.29, 1.82) is 0 Å². The predicted molar refractivity (Wildman–Crippen MR) is 125 cm³/mol. The quantitative estimate of drug-likeness (QED) is 0.356. The summed E-state index contributed by atoms with van der Waals surface area (Å²) in [5, 5.41) is 4.96. The van der Waals surface area contributed by atoms with Crippen molar-refractivity contribution in [1.82, 2.24) is 24.5 Å². The zero-order chi connectivity index (χ0) is 21.4. The summed E-state index contributed by atoms with van der Waals surface area (Å²) < 4.78 is 2.06. The first-order valence-electron chi connectivity index (χ1n) is 10.1. The lowest BCUT2D eigenvalue weighted by Crippen LogP contribution is -2.01. The third-order valence-corrected chi connectivity index (χ3v) is 5.49. The first-order chi connectivity index (χ1) is 15.1. The summed E-state index contributed by atoms with van der Waals surface area (Å²) in [6, 6.07) is 17.7. The van der Waals surface area contributed by atoms with Gasteiger partial charge in [-0.1, -0.05) is 18.5 Å². The van der Waals surface area contributed by atoms with Crippen molar-refractivity contribution in [2.45, 2.75) is 20.3 Å². The van der Waals surface area contributed by atoms with Gasteiger partial charge in [-0.2, -0.15) is 0 Å². The number of aromatic nitrogens is 5. The highest BCUT2D eigenvalue weighted by Gasteiger charge is 2.13. The lowest BCUT2D eigenvalue weighted by molar-refractivity contribution is 1.04. The van der Waals surface area contributed by atoms with Crippen LogP contribution in [0.4, 0.5) is 11.8 Å². The number of halogens is 1. The van der Waals surface area contributed by atoms with E-state index in [-0.39, 0.29) is 0 Å². The largest absolute Gasteiger partial charge is 0.328 e. The van der Waals surface area contributed by atoms with E-state index in [0.29, 0.717) is 22.6 Å². The molecule has 0 unspecified atom stereocenters. The highest BCUT2D eigenvalue weighted by atomic mass is 35.5. The van der Waals surface area contributed by atoms with Crippen molar-refractivity contribution in [2.75, 3.05) is 5.32 Å².